The molecule has 0 aliphatic rings. The number of hydrogen-bond donors (Lipinski definition) is 1. The number of nitrogens with one attached hydrogen (secondary N) is 1. The van der Waals surface area contributed by atoms with Crippen molar-refractivity contribution in [3.8, 4) is 0 Å². The van der Waals surface area contributed by atoms with Gasteiger partial charge in [0.2, 0.25) is 0 Å². The lowest BCUT2D eigenvalue weighted by Crippen LogP contribution is -2.14. The van der Waals surface area contributed by atoms with Crippen molar-refractivity contribution >= 4 is 11.7 Å². The lowest BCUT2D eigenvalue weighted by atomic mass is 10.1. The number of rotatable bonds is 3. The molecular weight excluding hydrogens is 238 g/mol. The van der Waals surface area contributed by atoms with E-state index in [0.29, 0.717) is 17.4 Å². The van der Waals surface area contributed by atoms with Crippen LogP contribution in [0.1, 0.15) is 41.5 Å². The third-order valence-corrected chi connectivity index (χ3v) is 2.82. The zero-order valence-corrected chi connectivity index (χ0v) is 11.3. The summed E-state index contributed by atoms with van der Waals surface area (Å²) in [6.07, 6.45) is 1.74. The number of nitrogens with zero attached hydrogens (tertiary/aromatic N) is 2. The summed E-state index contributed by atoms with van der Waals surface area (Å²) in [5, 5.41) is 2.74. The van der Waals surface area contributed by atoms with Gasteiger partial charge >= 0.3 is 0 Å². The van der Waals surface area contributed by atoms with Crippen molar-refractivity contribution in [3.63, 3.8) is 0 Å². The Balaban J connectivity index is 2.11. The molecular formula is C15H17N3O. The molecule has 4 nitrogen and oxygen atoms in total. The zero-order valence-electron chi connectivity index (χ0n) is 11.3. The number of amides is 1. The van der Waals surface area contributed by atoms with Crippen molar-refractivity contribution in [2.24, 2.45) is 0 Å². The van der Waals surface area contributed by atoms with Gasteiger partial charge in [0.15, 0.2) is 0 Å². The van der Waals surface area contributed by atoms with E-state index < -0.39 is 0 Å². The standard InChI is InChI=1S/C15H17N3O/c1-10(2)12-7-8-13(16-9-12)15(19)18-14-6-4-5-11(3)17-14/h4-10H,1-3H3,(H,17,18,19). The molecule has 1 N–H and O–H groups in total. The van der Waals surface area contributed by atoms with Gasteiger partial charge in [-0.2, -0.15) is 0 Å². The number of pyridine rings is 2. The molecule has 2 heterocycles. The van der Waals surface area contributed by atoms with Crippen molar-refractivity contribution in [2.75, 3.05) is 5.32 Å². The Labute approximate surface area is 112 Å². The van der Waals surface area contributed by atoms with Gasteiger partial charge in [-0.15, -0.1) is 0 Å². The maximum absolute atomic E-state index is 12.0. The molecule has 2 rings (SSSR count). The number of anilines is 1. The molecule has 0 unspecified atom stereocenters. The van der Waals surface area contributed by atoms with Crippen LogP contribution >= 0.6 is 0 Å². The Bertz CT molecular complexity index is 576. The summed E-state index contributed by atoms with van der Waals surface area (Å²) >= 11 is 0. The second kappa shape index (κ2) is 5.61. The average molecular weight is 255 g/mol. The van der Waals surface area contributed by atoms with Gasteiger partial charge in [0.25, 0.3) is 5.91 Å². The third kappa shape index (κ3) is 3.37. The van der Waals surface area contributed by atoms with Crippen LogP contribution in [0.3, 0.4) is 0 Å². The molecule has 2 aromatic rings. The molecule has 0 fully saturated rings. The predicted molar refractivity (Wildman–Crippen MR) is 75.3 cm³/mol. The molecule has 0 aliphatic heterocycles. The normalized spacial score (nSPS) is 10.5. The van der Waals surface area contributed by atoms with Gasteiger partial charge in [-0.05, 0) is 36.6 Å². The van der Waals surface area contributed by atoms with Gasteiger partial charge < -0.3 is 5.32 Å². The minimum atomic E-state index is -0.242. The molecule has 1 amide bonds. The topological polar surface area (TPSA) is 54.9 Å². The molecule has 98 valence electrons. The highest BCUT2D eigenvalue weighted by atomic mass is 16.1. The van der Waals surface area contributed by atoms with Crippen LogP contribution in [0.4, 0.5) is 5.82 Å². The Morgan fingerprint density at radius 2 is 2.00 bits per heavy atom. The summed E-state index contributed by atoms with van der Waals surface area (Å²) in [5.74, 6) is 0.705. The van der Waals surface area contributed by atoms with Crippen molar-refractivity contribution in [2.45, 2.75) is 26.7 Å². The highest BCUT2D eigenvalue weighted by Crippen LogP contribution is 2.13. The summed E-state index contributed by atoms with van der Waals surface area (Å²) in [6.45, 7) is 6.06. The van der Waals surface area contributed by atoms with Crippen LogP contribution < -0.4 is 5.32 Å². The van der Waals surface area contributed by atoms with Crippen LogP contribution in [0, 0.1) is 6.92 Å². The van der Waals surface area contributed by atoms with E-state index >= 15 is 0 Å². The number of hydrogen-bond acceptors (Lipinski definition) is 3. The van der Waals surface area contributed by atoms with Crippen LogP contribution in [-0.4, -0.2) is 15.9 Å². The van der Waals surface area contributed by atoms with Crippen molar-refractivity contribution < 1.29 is 4.79 Å². The minimum Gasteiger partial charge on any atom is -0.305 e. The highest BCUT2D eigenvalue weighted by molar-refractivity contribution is 6.02. The van der Waals surface area contributed by atoms with E-state index in [1.165, 1.54) is 0 Å². The molecule has 0 aliphatic carbocycles. The molecule has 19 heavy (non-hydrogen) atoms. The summed E-state index contributed by atoms with van der Waals surface area (Å²) < 4.78 is 0. The molecule has 0 aromatic carbocycles. The fourth-order valence-corrected chi connectivity index (χ4v) is 1.67. The second-order valence-corrected chi connectivity index (χ2v) is 4.75. The minimum absolute atomic E-state index is 0.242. The first-order valence-electron chi connectivity index (χ1n) is 6.27. The van der Waals surface area contributed by atoms with Crippen LogP contribution in [0.25, 0.3) is 0 Å². The van der Waals surface area contributed by atoms with Gasteiger partial charge in [0.05, 0.1) is 0 Å². The van der Waals surface area contributed by atoms with E-state index in [0.717, 1.165) is 11.3 Å². The molecule has 0 saturated heterocycles. The highest BCUT2D eigenvalue weighted by Gasteiger charge is 2.09. The summed E-state index contributed by atoms with van der Waals surface area (Å²) in [4.78, 5) is 20.4. The second-order valence-electron chi connectivity index (χ2n) is 4.75. The fourth-order valence-electron chi connectivity index (χ4n) is 1.67. The zero-order chi connectivity index (χ0) is 13.8. The van der Waals surface area contributed by atoms with Crippen LogP contribution in [0.15, 0.2) is 36.5 Å². The number of carbonyl (C=O) groups excluding carboxylic acids is 1. The van der Waals surface area contributed by atoms with Gasteiger partial charge in [-0.3, -0.25) is 9.78 Å². The SMILES string of the molecule is Cc1cccc(NC(=O)c2ccc(C(C)C)cn2)n1. The first-order chi connectivity index (χ1) is 9.06. The number of carbonyl (C=O) groups is 1. The van der Waals surface area contributed by atoms with Crippen molar-refractivity contribution in [1.82, 2.24) is 9.97 Å². The maximum atomic E-state index is 12.0. The molecule has 4 heteroatoms. The van der Waals surface area contributed by atoms with Crippen molar-refractivity contribution in [3.05, 3.63) is 53.5 Å². The van der Waals surface area contributed by atoms with E-state index in [9.17, 15) is 4.79 Å². The monoisotopic (exact) mass is 255 g/mol. The lowest BCUT2D eigenvalue weighted by Gasteiger charge is -2.07. The molecule has 0 atom stereocenters. The lowest BCUT2D eigenvalue weighted by molar-refractivity contribution is 0.102. The van der Waals surface area contributed by atoms with E-state index in [2.05, 4.69) is 29.1 Å². The van der Waals surface area contributed by atoms with Crippen LogP contribution in [0.2, 0.25) is 0 Å². The van der Waals surface area contributed by atoms with Gasteiger partial charge in [-0.25, -0.2) is 4.98 Å². The third-order valence-electron chi connectivity index (χ3n) is 2.82. The maximum Gasteiger partial charge on any atom is 0.275 e. The smallest absolute Gasteiger partial charge is 0.275 e. The average Bonchev–Trinajstić information content (AvgIpc) is 2.39. The van der Waals surface area contributed by atoms with E-state index in [-0.39, 0.29) is 5.91 Å². The molecule has 0 spiro atoms. The van der Waals surface area contributed by atoms with Crippen LogP contribution in [0.5, 0.6) is 0 Å². The van der Waals surface area contributed by atoms with Gasteiger partial charge in [-0.1, -0.05) is 26.0 Å². The first kappa shape index (κ1) is 13.2. The van der Waals surface area contributed by atoms with Crippen LogP contribution in [-0.2, 0) is 0 Å². The molecule has 0 radical (unpaired) electrons. The first-order valence-corrected chi connectivity index (χ1v) is 6.27. The Hall–Kier alpha value is -2.23. The summed E-state index contributed by atoms with van der Waals surface area (Å²) in [5.41, 5.74) is 2.37. The Kier molecular flexibility index (Phi) is 3.90. The van der Waals surface area contributed by atoms with Crippen molar-refractivity contribution in [1.29, 1.82) is 0 Å². The largest absolute Gasteiger partial charge is 0.305 e. The quantitative estimate of drug-likeness (QED) is 0.916. The Morgan fingerprint density at radius 1 is 1.21 bits per heavy atom. The van der Waals surface area contributed by atoms with Gasteiger partial charge in [0.1, 0.15) is 11.5 Å². The molecule has 2 aromatic heterocycles. The summed E-state index contributed by atoms with van der Waals surface area (Å²) in [6, 6.07) is 9.16. The van der Waals surface area contributed by atoms with Gasteiger partial charge in [0, 0.05) is 11.9 Å². The Morgan fingerprint density at radius 3 is 2.58 bits per heavy atom. The summed E-state index contributed by atoms with van der Waals surface area (Å²) in [7, 11) is 0. The number of aromatic nitrogens is 2. The number of aryl methyl sites for hydroxylation is 1. The van der Waals surface area contributed by atoms with E-state index in [1.54, 1.807) is 18.3 Å². The predicted octanol–water partition coefficient (Wildman–Crippen LogP) is 3.16. The van der Waals surface area contributed by atoms with E-state index in [1.807, 2.05) is 25.1 Å². The molecule has 0 bridgehead atoms. The molecule has 0 saturated carbocycles. The van der Waals surface area contributed by atoms with E-state index in [4.69, 9.17) is 0 Å². The fraction of sp³-hybridized carbons (Fsp3) is 0.267.